The Morgan fingerprint density at radius 3 is 2.71 bits per heavy atom. The SMILES string of the molecule is CCOC(=O)c1nc(Br)n(C2COC2)c1C(O)c1ccc(Cl)cc1. The first kappa shape index (κ1) is 17.4. The van der Waals surface area contributed by atoms with Gasteiger partial charge in [0, 0.05) is 5.02 Å². The molecule has 0 radical (unpaired) electrons. The van der Waals surface area contributed by atoms with Crippen LogP contribution < -0.4 is 0 Å². The monoisotopic (exact) mass is 414 g/mol. The molecule has 0 saturated carbocycles. The van der Waals surface area contributed by atoms with Crippen molar-refractivity contribution in [2.45, 2.75) is 19.1 Å². The minimum atomic E-state index is -1.04. The number of aliphatic hydroxyl groups is 1. The van der Waals surface area contributed by atoms with Gasteiger partial charge in [0.15, 0.2) is 10.4 Å². The summed E-state index contributed by atoms with van der Waals surface area (Å²) in [5, 5.41) is 11.4. The summed E-state index contributed by atoms with van der Waals surface area (Å²) in [4.78, 5) is 16.5. The summed E-state index contributed by atoms with van der Waals surface area (Å²) < 4.78 is 12.6. The number of benzene rings is 1. The van der Waals surface area contributed by atoms with Crippen molar-refractivity contribution in [1.82, 2.24) is 9.55 Å². The van der Waals surface area contributed by atoms with Gasteiger partial charge in [-0.25, -0.2) is 9.78 Å². The summed E-state index contributed by atoms with van der Waals surface area (Å²) in [6.45, 7) is 2.94. The summed E-state index contributed by atoms with van der Waals surface area (Å²) in [5.74, 6) is -0.569. The number of carbonyl (C=O) groups is 1. The van der Waals surface area contributed by atoms with Crippen LogP contribution in [0.2, 0.25) is 5.02 Å². The summed E-state index contributed by atoms with van der Waals surface area (Å²) in [5.41, 5.74) is 1.09. The molecule has 6 nitrogen and oxygen atoms in total. The van der Waals surface area contributed by atoms with Crippen LogP contribution in [0.1, 0.15) is 40.8 Å². The molecular weight excluding hydrogens is 400 g/mol. The molecule has 8 heteroatoms. The second kappa shape index (κ2) is 7.23. The lowest BCUT2D eigenvalue weighted by molar-refractivity contribution is -0.0272. The van der Waals surface area contributed by atoms with Crippen LogP contribution in [-0.4, -0.2) is 40.4 Å². The maximum atomic E-state index is 12.3. The number of hydrogen-bond donors (Lipinski definition) is 1. The first-order chi connectivity index (χ1) is 11.5. The van der Waals surface area contributed by atoms with Crippen molar-refractivity contribution < 1.29 is 19.4 Å². The van der Waals surface area contributed by atoms with Gasteiger partial charge in [0.05, 0.1) is 31.6 Å². The Bertz CT molecular complexity index is 743. The molecule has 0 bridgehead atoms. The minimum absolute atomic E-state index is 0.00648. The van der Waals surface area contributed by atoms with Gasteiger partial charge in [0.2, 0.25) is 0 Å². The standard InChI is InChI=1S/C16H16BrClN2O4/c1-2-24-15(22)12-13(14(21)9-3-5-10(18)6-4-9)20(16(17)19-12)11-7-23-8-11/h3-6,11,14,21H,2,7-8H2,1H3. The maximum absolute atomic E-state index is 12.3. The highest BCUT2D eigenvalue weighted by Crippen LogP contribution is 2.34. The summed E-state index contributed by atoms with van der Waals surface area (Å²) in [6, 6.07) is 6.81. The molecule has 0 amide bonds. The van der Waals surface area contributed by atoms with Crippen molar-refractivity contribution in [2.75, 3.05) is 19.8 Å². The van der Waals surface area contributed by atoms with Crippen molar-refractivity contribution in [2.24, 2.45) is 0 Å². The van der Waals surface area contributed by atoms with Crippen LogP contribution in [0.15, 0.2) is 29.0 Å². The predicted molar refractivity (Wildman–Crippen MR) is 91.3 cm³/mol. The second-order valence-electron chi connectivity index (χ2n) is 5.35. The zero-order valence-corrected chi connectivity index (χ0v) is 15.2. The number of imidazole rings is 1. The Morgan fingerprint density at radius 2 is 2.17 bits per heavy atom. The van der Waals surface area contributed by atoms with E-state index in [2.05, 4.69) is 20.9 Å². The van der Waals surface area contributed by atoms with Gasteiger partial charge >= 0.3 is 5.97 Å². The molecule has 128 valence electrons. The highest BCUT2D eigenvalue weighted by atomic mass is 79.9. The highest BCUT2D eigenvalue weighted by Gasteiger charge is 2.34. The number of rotatable bonds is 5. The van der Waals surface area contributed by atoms with Gasteiger partial charge in [-0.3, -0.25) is 0 Å². The van der Waals surface area contributed by atoms with E-state index in [9.17, 15) is 9.90 Å². The van der Waals surface area contributed by atoms with E-state index in [0.29, 0.717) is 34.2 Å². The molecule has 2 aromatic rings. The zero-order valence-electron chi connectivity index (χ0n) is 12.9. The molecule has 1 atom stereocenters. The molecule has 1 fully saturated rings. The zero-order chi connectivity index (χ0) is 17.3. The Balaban J connectivity index is 2.08. The van der Waals surface area contributed by atoms with Crippen molar-refractivity contribution in [3.05, 3.63) is 51.0 Å². The van der Waals surface area contributed by atoms with Crippen LogP contribution in [0, 0.1) is 0 Å². The quantitative estimate of drug-likeness (QED) is 0.760. The van der Waals surface area contributed by atoms with E-state index in [1.807, 2.05) is 0 Å². The number of aromatic nitrogens is 2. The lowest BCUT2D eigenvalue weighted by Crippen LogP contribution is -2.33. The van der Waals surface area contributed by atoms with Gasteiger partial charge in [-0.05, 0) is 40.5 Å². The predicted octanol–water partition coefficient (Wildman–Crippen LogP) is 3.13. The average molecular weight is 416 g/mol. The molecule has 1 saturated heterocycles. The van der Waals surface area contributed by atoms with Crippen molar-refractivity contribution >= 4 is 33.5 Å². The fraction of sp³-hybridized carbons (Fsp3) is 0.375. The maximum Gasteiger partial charge on any atom is 0.358 e. The van der Waals surface area contributed by atoms with Gasteiger partial charge in [0.1, 0.15) is 6.10 Å². The molecule has 1 aliphatic rings. The molecule has 1 unspecified atom stereocenters. The van der Waals surface area contributed by atoms with E-state index in [4.69, 9.17) is 21.1 Å². The van der Waals surface area contributed by atoms with E-state index in [-0.39, 0.29) is 18.3 Å². The average Bonchev–Trinajstić information content (AvgIpc) is 2.84. The van der Waals surface area contributed by atoms with Crippen LogP contribution >= 0.6 is 27.5 Å². The largest absolute Gasteiger partial charge is 0.461 e. The molecule has 2 heterocycles. The first-order valence-corrected chi connectivity index (χ1v) is 8.66. The Hall–Kier alpha value is -1.41. The van der Waals surface area contributed by atoms with E-state index in [0.717, 1.165) is 0 Å². The fourth-order valence-electron chi connectivity index (χ4n) is 2.55. The van der Waals surface area contributed by atoms with Gasteiger partial charge < -0.3 is 19.1 Å². The third-order valence-electron chi connectivity index (χ3n) is 3.80. The van der Waals surface area contributed by atoms with E-state index in [1.165, 1.54) is 0 Å². The number of hydrogen-bond acceptors (Lipinski definition) is 5. The van der Waals surface area contributed by atoms with E-state index in [1.54, 1.807) is 35.8 Å². The van der Waals surface area contributed by atoms with E-state index >= 15 is 0 Å². The van der Waals surface area contributed by atoms with Crippen molar-refractivity contribution in [3.63, 3.8) is 0 Å². The fourth-order valence-corrected chi connectivity index (χ4v) is 3.33. The topological polar surface area (TPSA) is 73.6 Å². The number of ether oxygens (including phenoxy) is 2. The highest BCUT2D eigenvalue weighted by molar-refractivity contribution is 9.10. The Labute approximate surface area is 152 Å². The molecule has 24 heavy (non-hydrogen) atoms. The normalized spacial score (nSPS) is 15.8. The number of nitrogens with zero attached hydrogens (tertiary/aromatic N) is 2. The van der Waals surface area contributed by atoms with Crippen LogP contribution in [-0.2, 0) is 9.47 Å². The Morgan fingerprint density at radius 1 is 1.50 bits per heavy atom. The molecule has 1 aliphatic heterocycles. The smallest absolute Gasteiger partial charge is 0.358 e. The Kier molecular flexibility index (Phi) is 5.24. The van der Waals surface area contributed by atoms with E-state index < -0.39 is 12.1 Å². The third kappa shape index (κ3) is 3.21. The number of esters is 1. The van der Waals surface area contributed by atoms with Crippen LogP contribution in [0.4, 0.5) is 0 Å². The molecule has 1 N–H and O–H groups in total. The van der Waals surface area contributed by atoms with Crippen LogP contribution in [0.25, 0.3) is 0 Å². The lowest BCUT2D eigenvalue weighted by atomic mass is 10.0. The first-order valence-electron chi connectivity index (χ1n) is 7.49. The number of halogens is 2. The molecular formula is C16H16BrClN2O4. The van der Waals surface area contributed by atoms with Crippen LogP contribution in [0.3, 0.4) is 0 Å². The number of aliphatic hydroxyl groups excluding tert-OH is 1. The molecule has 1 aromatic heterocycles. The lowest BCUT2D eigenvalue weighted by Gasteiger charge is -2.30. The van der Waals surface area contributed by atoms with Gasteiger partial charge in [0.25, 0.3) is 0 Å². The molecule has 1 aromatic carbocycles. The molecule has 0 aliphatic carbocycles. The van der Waals surface area contributed by atoms with Gasteiger partial charge in [-0.2, -0.15) is 0 Å². The number of carbonyl (C=O) groups excluding carboxylic acids is 1. The van der Waals surface area contributed by atoms with Crippen molar-refractivity contribution in [1.29, 1.82) is 0 Å². The van der Waals surface area contributed by atoms with Gasteiger partial charge in [-0.15, -0.1) is 0 Å². The molecule has 3 rings (SSSR count). The summed E-state index contributed by atoms with van der Waals surface area (Å²) in [7, 11) is 0. The summed E-state index contributed by atoms with van der Waals surface area (Å²) in [6.07, 6.45) is -1.04. The molecule has 0 spiro atoms. The summed E-state index contributed by atoms with van der Waals surface area (Å²) >= 11 is 9.28. The van der Waals surface area contributed by atoms with Crippen LogP contribution in [0.5, 0.6) is 0 Å². The third-order valence-corrected chi connectivity index (χ3v) is 4.62. The second-order valence-corrected chi connectivity index (χ2v) is 6.50. The minimum Gasteiger partial charge on any atom is -0.461 e. The van der Waals surface area contributed by atoms with Crippen molar-refractivity contribution in [3.8, 4) is 0 Å². The van der Waals surface area contributed by atoms with Gasteiger partial charge in [-0.1, -0.05) is 23.7 Å².